The molecule has 1 aromatic carbocycles. The molecule has 2 rings (SSSR count). The van der Waals surface area contributed by atoms with Crippen LogP contribution in [0.4, 0.5) is 13.2 Å². The number of hydrogen-bond donors (Lipinski definition) is 1. The first-order valence-electron chi connectivity index (χ1n) is 6.44. The summed E-state index contributed by atoms with van der Waals surface area (Å²) in [5, 5.41) is 3.50. The van der Waals surface area contributed by atoms with Gasteiger partial charge in [-0.3, -0.25) is 4.98 Å². The summed E-state index contributed by atoms with van der Waals surface area (Å²) in [7, 11) is 0. The third kappa shape index (κ3) is 3.74. The van der Waals surface area contributed by atoms with Gasteiger partial charge < -0.3 is 5.32 Å². The molecule has 2 nitrogen and oxygen atoms in total. The number of aromatic nitrogens is 1. The topological polar surface area (TPSA) is 24.9 Å². The van der Waals surface area contributed by atoms with Gasteiger partial charge in [-0.25, -0.2) is 0 Å². The number of pyridine rings is 1. The van der Waals surface area contributed by atoms with E-state index in [9.17, 15) is 13.2 Å². The maximum Gasteiger partial charge on any atom is 0.417 e. The minimum atomic E-state index is -4.43. The predicted molar refractivity (Wildman–Crippen MR) is 77.1 cm³/mol. The number of halogens is 4. The molecule has 0 saturated carbocycles. The van der Waals surface area contributed by atoms with Crippen LogP contribution in [0.3, 0.4) is 0 Å². The highest BCUT2D eigenvalue weighted by molar-refractivity contribution is 6.30. The molecule has 1 aromatic heterocycles. The first-order chi connectivity index (χ1) is 9.93. The number of nitrogens with one attached hydrogen (secondary N) is 1. The molecule has 0 aliphatic heterocycles. The monoisotopic (exact) mass is 314 g/mol. The van der Waals surface area contributed by atoms with E-state index >= 15 is 0 Å². The highest BCUT2D eigenvalue weighted by Gasteiger charge is 2.34. The zero-order valence-corrected chi connectivity index (χ0v) is 12.1. The van der Waals surface area contributed by atoms with Crippen molar-refractivity contribution in [3.8, 4) is 11.1 Å². The van der Waals surface area contributed by atoms with E-state index in [0.717, 1.165) is 24.4 Å². The second-order valence-electron chi connectivity index (χ2n) is 4.50. The molecular weight excluding hydrogens is 301 g/mol. The average Bonchev–Trinajstić information content (AvgIpc) is 2.45. The van der Waals surface area contributed by atoms with Crippen LogP contribution < -0.4 is 5.32 Å². The third-order valence-corrected chi connectivity index (χ3v) is 3.29. The van der Waals surface area contributed by atoms with Crippen molar-refractivity contribution in [2.45, 2.75) is 19.6 Å². The van der Waals surface area contributed by atoms with Crippen LogP contribution in [0.5, 0.6) is 0 Å². The van der Waals surface area contributed by atoms with E-state index in [4.69, 9.17) is 11.6 Å². The van der Waals surface area contributed by atoms with Crippen molar-refractivity contribution in [3.63, 3.8) is 0 Å². The van der Waals surface area contributed by atoms with Crippen LogP contribution in [0, 0.1) is 0 Å². The van der Waals surface area contributed by atoms with E-state index in [2.05, 4.69) is 10.3 Å². The van der Waals surface area contributed by atoms with Gasteiger partial charge in [0.25, 0.3) is 0 Å². The maximum atomic E-state index is 13.1. The van der Waals surface area contributed by atoms with Gasteiger partial charge in [-0.1, -0.05) is 24.6 Å². The van der Waals surface area contributed by atoms with E-state index in [0.29, 0.717) is 17.1 Å². The van der Waals surface area contributed by atoms with Crippen LogP contribution in [-0.4, -0.2) is 11.5 Å². The lowest BCUT2D eigenvalue weighted by molar-refractivity contribution is -0.137. The summed E-state index contributed by atoms with van der Waals surface area (Å²) in [5.74, 6) is 0. The molecule has 0 radical (unpaired) electrons. The molecule has 0 bridgehead atoms. The highest BCUT2D eigenvalue weighted by atomic mass is 35.5. The molecule has 1 N–H and O–H groups in total. The van der Waals surface area contributed by atoms with Crippen LogP contribution in [0.15, 0.2) is 36.7 Å². The Kier molecular flexibility index (Phi) is 4.85. The third-order valence-electron chi connectivity index (χ3n) is 3.05. The molecule has 0 saturated heterocycles. The number of benzene rings is 1. The molecule has 0 aliphatic carbocycles. The van der Waals surface area contributed by atoms with Crippen molar-refractivity contribution in [1.29, 1.82) is 0 Å². The molecule has 21 heavy (non-hydrogen) atoms. The smallest absolute Gasteiger partial charge is 0.313 e. The van der Waals surface area contributed by atoms with E-state index in [1.807, 2.05) is 6.92 Å². The second-order valence-corrected chi connectivity index (χ2v) is 4.94. The van der Waals surface area contributed by atoms with Crippen LogP contribution in [0.1, 0.15) is 18.1 Å². The van der Waals surface area contributed by atoms with Crippen molar-refractivity contribution in [2.75, 3.05) is 6.54 Å². The largest absolute Gasteiger partial charge is 0.417 e. The van der Waals surface area contributed by atoms with Gasteiger partial charge >= 0.3 is 6.18 Å². The van der Waals surface area contributed by atoms with Gasteiger partial charge in [-0.15, -0.1) is 0 Å². The molecule has 0 fully saturated rings. The van der Waals surface area contributed by atoms with Gasteiger partial charge in [0.2, 0.25) is 0 Å². The fourth-order valence-electron chi connectivity index (χ4n) is 2.07. The summed E-state index contributed by atoms with van der Waals surface area (Å²) in [4.78, 5) is 3.82. The first kappa shape index (κ1) is 15.8. The minimum Gasteiger partial charge on any atom is -0.313 e. The summed E-state index contributed by atoms with van der Waals surface area (Å²) >= 11 is 5.95. The fourth-order valence-corrected chi connectivity index (χ4v) is 2.24. The molecular formula is C15H14ClF3N2. The zero-order chi connectivity index (χ0) is 15.5. The predicted octanol–water partition coefficient (Wildman–Crippen LogP) is 4.53. The minimum absolute atomic E-state index is 0.0420. The Bertz CT molecular complexity index is 627. The Morgan fingerprint density at radius 3 is 2.62 bits per heavy atom. The number of rotatable bonds is 4. The Labute approximate surface area is 126 Å². The van der Waals surface area contributed by atoms with E-state index in [1.54, 1.807) is 18.2 Å². The molecule has 0 atom stereocenters. The van der Waals surface area contributed by atoms with Gasteiger partial charge in [-0.2, -0.15) is 13.2 Å². The van der Waals surface area contributed by atoms with Gasteiger partial charge in [0.15, 0.2) is 0 Å². The van der Waals surface area contributed by atoms with Crippen molar-refractivity contribution in [3.05, 3.63) is 52.8 Å². The van der Waals surface area contributed by atoms with Crippen molar-refractivity contribution in [1.82, 2.24) is 10.3 Å². The molecule has 0 spiro atoms. The second kappa shape index (κ2) is 6.45. The first-order valence-corrected chi connectivity index (χ1v) is 6.82. The Hall–Kier alpha value is -1.59. The summed E-state index contributed by atoms with van der Waals surface area (Å²) in [6, 6.07) is 5.92. The summed E-state index contributed by atoms with van der Waals surface area (Å²) < 4.78 is 39.4. The fraction of sp³-hybridized carbons (Fsp3) is 0.267. The van der Waals surface area contributed by atoms with Crippen molar-refractivity contribution >= 4 is 11.6 Å². The average molecular weight is 315 g/mol. The molecule has 2 aromatic rings. The number of hydrogen-bond acceptors (Lipinski definition) is 2. The van der Waals surface area contributed by atoms with Crippen LogP contribution in [0.2, 0.25) is 5.02 Å². The standard InChI is InChI=1S/C15H14ClF3N2/c1-2-20-8-10-3-4-11(16)7-12(10)13-9-21-6-5-14(13)15(17,18)19/h3-7,9,20H,2,8H2,1H3. The van der Waals surface area contributed by atoms with Gasteiger partial charge in [0.1, 0.15) is 0 Å². The highest BCUT2D eigenvalue weighted by Crippen LogP contribution is 2.38. The maximum absolute atomic E-state index is 13.1. The quantitative estimate of drug-likeness (QED) is 0.897. The van der Waals surface area contributed by atoms with Crippen LogP contribution in [-0.2, 0) is 12.7 Å². The van der Waals surface area contributed by atoms with Crippen molar-refractivity contribution < 1.29 is 13.2 Å². The Morgan fingerprint density at radius 1 is 1.19 bits per heavy atom. The number of nitrogens with zero attached hydrogens (tertiary/aromatic N) is 1. The van der Waals surface area contributed by atoms with E-state index < -0.39 is 11.7 Å². The molecule has 0 unspecified atom stereocenters. The lowest BCUT2D eigenvalue weighted by Crippen LogP contribution is -2.13. The van der Waals surface area contributed by atoms with Crippen molar-refractivity contribution in [2.24, 2.45) is 0 Å². The van der Waals surface area contributed by atoms with Gasteiger partial charge in [0, 0.05) is 29.5 Å². The number of alkyl halides is 3. The molecule has 1 heterocycles. The summed E-state index contributed by atoms with van der Waals surface area (Å²) in [5.41, 5.74) is 0.529. The summed E-state index contributed by atoms with van der Waals surface area (Å²) in [6.07, 6.45) is -2.07. The Morgan fingerprint density at radius 2 is 1.95 bits per heavy atom. The molecule has 0 aliphatic rings. The molecule has 6 heteroatoms. The molecule has 112 valence electrons. The zero-order valence-electron chi connectivity index (χ0n) is 11.3. The lowest BCUT2D eigenvalue weighted by Gasteiger charge is -2.16. The van der Waals surface area contributed by atoms with E-state index in [1.165, 1.54) is 6.20 Å². The Balaban J connectivity index is 2.58. The van der Waals surface area contributed by atoms with Crippen LogP contribution in [0.25, 0.3) is 11.1 Å². The van der Waals surface area contributed by atoms with E-state index in [-0.39, 0.29) is 5.56 Å². The summed E-state index contributed by atoms with van der Waals surface area (Å²) in [6.45, 7) is 3.12. The lowest BCUT2D eigenvalue weighted by atomic mass is 9.96. The SMILES string of the molecule is CCNCc1ccc(Cl)cc1-c1cnccc1C(F)(F)F. The molecule has 0 amide bonds. The van der Waals surface area contributed by atoms with Gasteiger partial charge in [0.05, 0.1) is 5.56 Å². The normalized spacial score (nSPS) is 11.7. The van der Waals surface area contributed by atoms with Crippen LogP contribution >= 0.6 is 11.6 Å². The van der Waals surface area contributed by atoms with Gasteiger partial charge in [-0.05, 0) is 35.9 Å².